The molecule has 1 unspecified atom stereocenters. The molecule has 0 aromatic carbocycles. The first-order chi connectivity index (χ1) is 8.42. The normalized spacial score (nSPS) is 13.3. The zero-order valence-electron chi connectivity index (χ0n) is 11.7. The van der Waals surface area contributed by atoms with Gasteiger partial charge in [-0.25, -0.2) is 0 Å². The highest BCUT2D eigenvalue weighted by atomic mass is 32.1. The Bertz CT molecular complexity index is 354. The molecule has 3 nitrogen and oxygen atoms in total. The summed E-state index contributed by atoms with van der Waals surface area (Å²) in [6.45, 7) is 9.12. The van der Waals surface area contributed by atoms with E-state index in [2.05, 4.69) is 44.4 Å². The lowest BCUT2D eigenvalue weighted by Crippen LogP contribution is -2.39. The molecule has 0 aliphatic rings. The van der Waals surface area contributed by atoms with Crippen molar-refractivity contribution in [3.63, 3.8) is 0 Å². The predicted molar refractivity (Wildman–Crippen MR) is 77.9 cm³/mol. The molecule has 0 radical (unpaired) electrons. The van der Waals surface area contributed by atoms with Crippen LogP contribution in [0.15, 0.2) is 17.5 Å². The zero-order chi connectivity index (χ0) is 13.6. The second-order valence-corrected chi connectivity index (χ2v) is 6.45. The molecular weight excluding hydrogens is 244 g/mol. The van der Waals surface area contributed by atoms with Gasteiger partial charge in [-0.1, -0.05) is 13.0 Å². The van der Waals surface area contributed by atoms with Crippen LogP contribution < -0.4 is 10.6 Å². The van der Waals surface area contributed by atoms with Crippen molar-refractivity contribution in [2.75, 3.05) is 6.54 Å². The highest BCUT2D eigenvalue weighted by Crippen LogP contribution is 2.21. The van der Waals surface area contributed by atoms with Crippen LogP contribution in [0.2, 0.25) is 0 Å². The van der Waals surface area contributed by atoms with Gasteiger partial charge in [0, 0.05) is 23.4 Å². The van der Waals surface area contributed by atoms with Crippen molar-refractivity contribution in [3.8, 4) is 0 Å². The highest BCUT2D eigenvalue weighted by Gasteiger charge is 2.14. The second kappa shape index (κ2) is 6.90. The molecule has 1 aromatic heterocycles. The van der Waals surface area contributed by atoms with E-state index in [-0.39, 0.29) is 17.5 Å². The Morgan fingerprint density at radius 3 is 2.67 bits per heavy atom. The number of thiophene rings is 1. The fraction of sp³-hybridized carbons (Fsp3) is 0.643. The van der Waals surface area contributed by atoms with Crippen LogP contribution in [0.25, 0.3) is 0 Å². The third kappa shape index (κ3) is 5.65. The molecule has 4 heteroatoms. The van der Waals surface area contributed by atoms with Crippen molar-refractivity contribution < 1.29 is 4.79 Å². The van der Waals surface area contributed by atoms with Gasteiger partial charge < -0.3 is 10.6 Å². The molecule has 0 saturated carbocycles. The monoisotopic (exact) mass is 268 g/mol. The molecule has 1 amide bonds. The minimum atomic E-state index is 0.0676. The van der Waals surface area contributed by atoms with Crippen LogP contribution in [-0.2, 0) is 4.79 Å². The van der Waals surface area contributed by atoms with E-state index in [9.17, 15) is 4.79 Å². The molecule has 0 aliphatic carbocycles. The first-order valence-corrected chi connectivity index (χ1v) is 7.38. The fourth-order valence-electron chi connectivity index (χ4n) is 1.68. The lowest BCUT2D eigenvalue weighted by Gasteiger charge is -2.21. The lowest BCUT2D eigenvalue weighted by molar-refractivity contribution is -0.121. The van der Waals surface area contributed by atoms with Crippen molar-refractivity contribution in [2.45, 2.75) is 52.1 Å². The van der Waals surface area contributed by atoms with Crippen LogP contribution in [0.1, 0.15) is 51.5 Å². The van der Waals surface area contributed by atoms with Gasteiger partial charge in [0.25, 0.3) is 0 Å². The van der Waals surface area contributed by atoms with Gasteiger partial charge in [0.15, 0.2) is 0 Å². The van der Waals surface area contributed by atoms with Gasteiger partial charge in [0.05, 0.1) is 6.04 Å². The van der Waals surface area contributed by atoms with E-state index in [1.807, 2.05) is 11.4 Å². The molecule has 0 fully saturated rings. The molecule has 0 spiro atoms. The summed E-state index contributed by atoms with van der Waals surface area (Å²) in [5, 5.41) is 8.45. The highest BCUT2D eigenvalue weighted by molar-refractivity contribution is 7.10. The van der Waals surface area contributed by atoms with Crippen LogP contribution in [-0.4, -0.2) is 18.0 Å². The van der Waals surface area contributed by atoms with Crippen molar-refractivity contribution in [2.24, 2.45) is 0 Å². The van der Waals surface area contributed by atoms with Crippen LogP contribution in [0, 0.1) is 0 Å². The van der Waals surface area contributed by atoms with Crippen molar-refractivity contribution >= 4 is 17.2 Å². The summed E-state index contributed by atoms with van der Waals surface area (Å²) in [5.41, 5.74) is 0.0676. The van der Waals surface area contributed by atoms with Crippen LogP contribution >= 0.6 is 11.3 Å². The molecule has 0 bridgehead atoms. The molecule has 1 heterocycles. The van der Waals surface area contributed by atoms with Gasteiger partial charge in [-0.05, 0) is 38.6 Å². The first-order valence-electron chi connectivity index (χ1n) is 6.50. The van der Waals surface area contributed by atoms with E-state index in [0.29, 0.717) is 6.42 Å². The number of carbonyl (C=O) groups excluding carboxylic acids is 1. The number of nitrogens with one attached hydrogen (secondary N) is 2. The second-order valence-electron chi connectivity index (χ2n) is 5.47. The molecule has 2 N–H and O–H groups in total. The Morgan fingerprint density at radius 2 is 2.17 bits per heavy atom. The average molecular weight is 268 g/mol. The van der Waals surface area contributed by atoms with Gasteiger partial charge >= 0.3 is 0 Å². The summed E-state index contributed by atoms with van der Waals surface area (Å²) in [7, 11) is 0. The predicted octanol–water partition coefficient (Wildman–Crippen LogP) is 3.09. The SMILES string of the molecule is CCC(NC(=O)CCNC(C)(C)C)c1cccs1. The van der Waals surface area contributed by atoms with Crippen LogP contribution in [0.3, 0.4) is 0 Å². The zero-order valence-corrected chi connectivity index (χ0v) is 12.6. The molecule has 1 aromatic rings. The average Bonchev–Trinajstić information content (AvgIpc) is 2.77. The Labute approximate surface area is 114 Å². The number of hydrogen-bond acceptors (Lipinski definition) is 3. The molecule has 102 valence electrons. The number of carbonyl (C=O) groups is 1. The number of rotatable bonds is 6. The van der Waals surface area contributed by atoms with Gasteiger partial charge in [-0.3, -0.25) is 4.79 Å². The maximum Gasteiger partial charge on any atom is 0.221 e. The van der Waals surface area contributed by atoms with Gasteiger partial charge in [-0.15, -0.1) is 11.3 Å². The number of hydrogen-bond donors (Lipinski definition) is 2. The number of amides is 1. The van der Waals surface area contributed by atoms with E-state index in [1.54, 1.807) is 11.3 Å². The summed E-state index contributed by atoms with van der Waals surface area (Å²) >= 11 is 1.70. The Kier molecular flexibility index (Phi) is 5.82. The van der Waals surface area contributed by atoms with Crippen LogP contribution in [0.4, 0.5) is 0 Å². The molecule has 18 heavy (non-hydrogen) atoms. The summed E-state index contributed by atoms with van der Waals surface area (Å²) in [6.07, 6.45) is 1.46. The van der Waals surface area contributed by atoms with Gasteiger partial charge in [-0.2, -0.15) is 0 Å². The van der Waals surface area contributed by atoms with Gasteiger partial charge in [0.2, 0.25) is 5.91 Å². The van der Waals surface area contributed by atoms with E-state index < -0.39 is 0 Å². The standard InChI is InChI=1S/C14H24N2OS/c1-5-11(12-7-6-10-18-12)16-13(17)8-9-15-14(2,3)4/h6-7,10-11,15H,5,8-9H2,1-4H3,(H,16,17). The quantitative estimate of drug-likeness (QED) is 0.832. The summed E-state index contributed by atoms with van der Waals surface area (Å²) in [6, 6.07) is 4.26. The third-order valence-corrected chi connectivity index (χ3v) is 3.62. The molecule has 1 rings (SSSR count). The summed E-state index contributed by atoms with van der Waals surface area (Å²) < 4.78 is 0. The minimum Gasteiger partial charge on any atom is -0.348 e. The van der Waals surface area contributed by atoms with E-state index >= 15 is 0 Å². The molecular formula is C14H24N2OS. The maximum atomic E-state index is 11.8. The smallest absolute Gasteiger partial charge is 0.221 e. The van der Waals surface area contributed by atoms with E-state index in [4.69, 9.17) is 0 Å². The minimum absolute atomic E-state index is 0.0676. The summed E-state index contributed by atoms with van der Waals surface area (Å²) in [4.78, 5) is 13.1. The molecule has 0 aliphatic heterocycles. The Hall–Kier alpha value is -0.870. The lowest BCUT2D eigenvalue weighted by atomic mass is 10.1. The first kappa shape index (κ1) is 15.2. The Morgan fingerprint density at radius 1 is 1.44 bits per heavy atom. The largest absolute Gasteiger partial charge is 0.348 e. The summed E-state index contributed by atoms with van der Waals surface area (Å²) in [5.74, 6) is 0.118. The van der Waals surface area contributed by atoms with Crippen LogP contribution in [0.5, 0.6) is 0 Å². The third-order valence-electron chi connectivity index (χ3n) is 2.64. The van der Waals surface area contributed by atoms with Crippen molar-refractivity contribution in [1.29, 1.82) is 0 Å². The topological polar surface area (TPSA) is 41.1 Å². The van der Waals surface area contributed by atoms with Crippen molar-refractivity contribution in [3.05, 3.63) is 22.4 Å². The van der Waals surface area contributed by atoms with E-state index in [1.165, 1.54) is 4.88 Å². The maximum absolute atomic E-state index is 11.8. The molecule has 0 saturated heterocycles. The van der Waals surface area contributed by atoms with Gasteiger partial charge in [0.1, 0.15) is 0 Å². The Balaban J connectivity index is 2.35. The van der Waals surface area contributed by atoms with E-state index in [0.717, 1.165) is 13.0 Å². The fourth-order valence-corrected chi connectivity index (χ4v) is 2.54. The molecule has 1 atom stereocenters. The van der Waals surface area contributed by atoms with Crippen molar-refractivity contribution in [1.82, 2.24) is 10.6 Å².